The zero-order valence-corrected chi connectivity index (χ0v) is 16.1. The highest BCUT2D eigenvalue weighted by Gasteiger charge is 2.23. The first-order valence-corrected chi connectivity index (χ1v) is 9.75. The molecule has 1 aliphatic heterocycles. The van der Waals surface area contributed by atoms with Crippen LogP contribution in [-0.2, 0) is 17.8 Å². The first-order chi connectivity index (χ1) is 13.7. The van der Waals surface area contributed by atoms with Crippen molar-refractivity contribution in [1.29, 1.82) is 0 Å². The molecule has 4 nitrogen and oxygen atoms in total. The summed E-state index contributed by atoms with van der Waals surface area (Å²) in [4.78, 5) is 6.87. The molecule has 0 aliphatic carbocycles. The van der Waals surface area contributed by atoms with Crippen LogP contribution in [0.15, 0.2) is 59.1 Å². The molecule has 146 valence electrons. The summed E-state index contributed by atoms with van der Waals surface area (Å²) in [6, 6.07) is 15.3. The molecule has 1 aromatic heterocycles. The van der Waals surface area contributed by atoms with Gasteiger partial charge in [-0.3, -0.25) is 4.90 Å². The normalized spacial score (nSPS) is 15.2. The van der Waals surface area contributed by atoms with Crippen LogP contribution in [0.3, 0.4) is 0 Å². The van der Waals surface area contributed by atoms with E-state index in [-0.39, 0.29) is 5.82 Å². The highest BCUT2D eigenvalue weighted by Crippen LogP contribution is 2.24. The number of hydrogen-bond donors (Lipinski definition) is 0. The zero-order chi connectivity index (χ0) is 19.3. The van der Waals surface area contributed by atoms with Gasteiger partial charge in [0.05, 0.1) is 12.7 Å². The number of nitrogens with zero attached hydrogens (tertiary/aromatic N) is 2. The predicted octanol–water partition coefficient (Wildman–Crippen LogP) is 4.97. The molecule has 0 N–H and O–H groups in total. The third-order valence-corrected chi connectivity index (χ3v) is 5.23. The van der Waals surface area contributed by atoms with Gasteiger partial charge < -0.3 is 9.15 Å². The molecule has 2 aromatic carbocycles. The maximum absolute atomic E-state index is 13.3. The second-order valence-corrected chi connectivity index (χ2v) is 7.36. The highest BCUT2D eigenvalue weighted by atomic mass is 19.1. The summed E-state index contributed by atoms with van der Waals surface area (Å²) >= 11 is 0. The van der Waals surface area contributed by atoms with Gasteiger partial charge in [-0.25, -0.2) is 9.37 Å². The summed E-state index contributed by atoms with van der Waals surface area (Å²) < 4.78 is 24.8. The molecular formula is C23H25FN2O2. The zero-order valence-electron chi connectivity index (χ0n) is 16.1. The molecule has 0 amide bonds. The second-order valence-electron chi connectivity index (χ2n) is 7.36. The number of ether oxygens (including phenoxy) is 1. The van der Waals surface area contributed by atoms with E-state index in [1.807, 2.05) is 24.3 Å². The topological polar surface area (TPSA) is 38.5 Å². The molecule has 0 radical (unpaired) electrons. The minimum atomic E-state index is -0.211. The molecule has 0 unspecified atom stereocenters. The van der Waals surface area contributed by atoms with E-state index in [1.165, 1.54) is 17.7 Å². The maximum atomic E-state index is 13.3. The van der Waals surface area contributed by atoms with Crippen LogP contribution in [0.4, 0.5) is 4.39 Å². The van der Waals surface area contributed by atoms with E-state index >= 15 is 0 Å². The van der Waals surface area contributed by atoms with Gasteiger partial charge in [-0.1, -0.05) is 42.0 Å². The Morgan fingerprint density at radius 1 is 1.00 bits per heavy atom. The lowest BCUT2D eigenvalue weighted by molar-refractivity contribution is 0.0247. The Labute approximate surface area is 165 Å². The maximum Gasteiger partial charge on any atom is 0.209 e. The van der Waals surface area contributed by atoms with E-state index in [4.69, 9.17) is 9.15 Å². The molecule has 1 fully saturated rings. The van der Waals surface area contributed by atoms with Gasteiger partial charge in [0.1, 0.15) is 5.82 Å². The van der Waals surface area contributed by atoms with Crippen molar-refractivity contribution in [3.63, 3.8) is 0 Å². The number of oxazole rings is 1. The smallest absolute Gasteiger partial charge is 0.209 e. The highest BCUT2D eigenvalue weighted by molar-refractivity contribution is 5.56. The number of halogens is 1. The van der Waals surface area contributed by atoms with E-state index in [2.05, 4.69) is 28.9 Å². The second kappa shape index (κ2) is 8.67. The minimum absolute atomic E-state index is 0.211. The lowest BCUT2D eigenvalue weighted by atomic mass is 10.1. The van der Waals surface area contributed by atoms with Crippen LogP contribution in [0.5, 0.6) is 0 Å². The average molecular weight is 380 g/mol. The number of hydrogen-bond acceptors (Lipinski definition) is 4. The predicted molar refractivity (Wildman–Crippen MR) is 106 cm³/mol. The SMILES string of the molecule is Cc1ccc(-c2cnc(CN(Cc3ccc(F)cc3)C3CCOCC3)o2)cc1. The van der Waals surface area contributed by atoms with Gasteiger partial charge in [0, 0.05) is 31.4 Å². The van der Waals surface area contributed by atoms with Gasteiger partial charge in [-0.15, -0.1) is 0 Å². The Kier molecular flexibility index (Phi) is 5.84. The molecule has 0 atom stereocenters. The minimum Gasteiger partial charge on any atom is -0.439 e. The van der Waals surface area contributed by atoms with E-state index in [0.717, 1.165) is 49.5 Å². The van der Waals surface area contributed by atoms with Gasteiger partial charge in [-0.05, 0) is 37.5 Å². The first kappa shape index (κ1) is 18.8. The molecular weight excluding hydrogens is 355 g/mol. The summed E-state index contributed by atoms with van der Waals surface area (Å²) in [7, 11) is 0. The fourth-order valence-corrected chi connectivity index (χ4v) is 3.60. The van der Waals surface area contributed by atoms with Crippen LogP contribution in [-0.4, -0.2) is 29.1 Å². The van der Waals surface area contributed by atoms with Crippen LogP contribution in [0, 0.1) is 12.7 Å². The summed E-state index contributed by atoms with van der Waals surface area (Å²) in [5, 5.41) is 0. The van der Waals surface area contributed by atoms with Crippen molar-refractivity contribution in [2.45, 2.75) is 38.9 Å². The van der Waals surface area contributed by atoms with E-state index in [0.29, 0.717) is 18.5 Å². The van der Waals surface area contributed by atoms with Crippen molar-refractivity contribution >= 4 is 0 Å². The van der Waals surface area contributed by atoms with E-state index in [1.54, 1.807) is 6.20 Å². The number of rotatable bonds is 6. The van der Waals surface area contributed by atoms with Gasteiger partial charge in [0.2, 0.25) is 5.89 Å². The lowest BCUT2D eigenvalue weighted by Gasteiger charge is -2.33. The lowest BCUT2D eigenvalue weighted by Crippen LogP contribution is -2.38. The van der Waals surface area contributed by atoms with Crippen LogP contribution in [0.1, 0.15) is 29.9 Å². The van der Waals surface area contributed by atoms with E-state index < -0.39 is 0 Å². The molecule has 1 saturated heterocycles. The average Bonchev–Trinajstić information content (AvgIpc) is 3.19. The molecule has 1 aliphatic rings. The van der Waals surface area contributed by atoms with E-state index in [9.17, 15) is 4.39 Å². The molecule has 0 bridgehead atoms. The third kappa shape index (κ3) is 4.66. The van der Waals surface area contributed by atoms with Crippen molar-refractivity contribution in [2.75, 3.05) is 13.2 Å². The van der Waals surface area contributed by atoms with Gasteiger partial charge >= 0.3 is 0 Å². The molecule has 4 rings (SSSR count). The van der Waals surface area contributed by atoms with Crippen molar-refractivity contribution in [2.24, 2.45) is 0 Å². The Morgan fingerprint density at radius 3 is 2.43 bits per heavy atom. The summed E-state index contributed by atoms with van der Waals surface area (Å²) in [5.41, 5.74) is 3.33. The summed E-state index contributed by atoms with van der Waals surface area (Å²) in [6.45, 7) is 4.95. The summed E-state index contributed by atoms with van der Waals surface area (Å²) in [6.07, 6.45) is 3.75. The van der Waals surface area contributed by atoms with Crippen molar-refractivity contribution < 1.29 is 13.5 Å². The largest absolute Gasteiger partial charge is 0.439 e. The Bertz CT molecular complexity index is 884. The summed E-state index contributed by atoms with van der Waals surface area (Å²) in [5.74, 6) is 1.27. The molecule has 2 heterocycles. The quantitative estimate of drug-likeness (QED) is 0.605. The molecule has 28 heavy (non-hydrogen) atoms. The van der Waals surface area contributed by atoms with Crippen molar-refractivity contribution in [3.8, 4) is 11.3 Å². The van der Waals surface area contributed by atoms with Crippen molar-refractivity contribution in [3.05, 3.63) is 77.6 Å². The molecule has 0 saturated carbocycles. The van der Waals surface area contributed by atoms with Gasteiger partial charge in [-0.2, -0.15) is 0 Å². The van der Waals surface area contributed by atoms with Gasteiger partial charge in [0.25, 0.3) is 0 Å². The standard InChI is InChI=1S/C23H25FN2O2/c1-17-2-6-19(7-3-17)22-14-25-23(28-22)16-26(21-10-12-27-13-11-21)15-18-4-8-20(24)9-5-18/h2-9,14,21H,10-13,15-16H2,1H3. The van der Waals surface area contributed by atoms with Crippen LogP contribution in [0.2, 0.25) is 0 Å². The molecule has 3 aromatic rings. The number of aromatic nitrogens is 1. The van der Waals surface area contributed by atoms with Crippen LogP contribution in [0.25, 0.3) is 11.3 Å². The van der Waals surface area contributed by atoms with Crippen LogP contribution >= 0.6 is 0 Å². The van der Waals surface area contributed by atoms with Gasteiger partial charge in [0.15, 0.2) is 5.76 Å². The first-order valence-electron chi connectivity index (χ1n) is 9.75. The molecule has 0 spiro atoms. The fraction of sp³-hybridized carbons (Fsp3) is 0.348. The Morgan fingerprint density at radius 2 is 1.71 bits per heavy atom. The molecule has 5 heteroatoms. The Balaban J connectivity index is 1.51. The third-order valence-electron chi connectivity index (χ3n) is 5.23. The van der Waals surface area contributed by atoms with Crippen LogP contribution < -0.4 is 0 Å². The number of benzene rings is 2. The fourth-order valence-electron chi connectivity index (χ4n) is 3.60. The number of aryl methyl sites for hydroxylation is 1. The van der Waals surface area contributed by atoms with Crippen molar-refractivity contribution in [1.82, 2.24) is 9.88 Å². The monoisotopic (exact) mass is 380 g/mol. The Hall–Kier alpha value is -2.50.